The van der Waals surface area contributed by atoms with Crippen LogP contribution in [-0.4, -0.2) is 79.3 Å². The number of ether oxygens (including phenoxy) is 1. The van der Waals surface area contributed by atoms with Gasteiger partial charge in [-0.05, 0) is 55.6 Å². The smallest absolute Gasteiger partial charge is 0.407 e. The predicted molar refractivity (Wildman–Crippen MR) is 132 cm³/mol. The number of amides is 2. The molecule has 35 heavy (non-hydrogen) atoms. The van der Waals surface area contributed by atoms with Gasteiger partial charge in [-0.25, -0.2) is 4.79 Å². The van der Waals surface area contributed by atoms with Crippen molar-refractivity contribution >= 4 is 18.0 Å². The van der Waals surface area contributed by atoms with Crippen molar-refractivity contribution in [2.75, 3.05) is 40.3 Å². The molecule has 2 aliphatic rings. The predicted octanol–water partition coefficient (Wildman–Crippen LogP) is 3.17. The summed E-state index contributed by atoms with van der Waals surface area (Å²) in [6.07, 6.45) is 1.28. The number of hydrogen-bond donors (Lipinski definition) is 2. The average molecular weight is 480 g/mol. The van der Waals surface area contributed by atoms with Gasteiger partial charge in [0.15, 0.2) is 0 Å². The number of fused-ring (bicyclic) bond motifs is 3. The highest BCUT2D eigenvalue weighted by Gasteiger charge is 2.35. The van der Waals surface area contributed by atoms with E-state index >= 15 is 0 Å². The largest absolute Gasteiger partial charge is 0.480 e. The number of benzene rings is 2. The van der Waals surface area contributed by atoms with Gasteiger partial charge in [-0.2, -0.15) is 0 Å². The molecular formula is C27H33N3O5. The first kappa shape index (κ1) is 24.7. The lowest BCUT2D eigenvalue weighted by atomic mass is 9.98. The van der Waals surface area contributed by atoms with Crippen LogP contribution in [0.15, 0.2) is 48.5 Å². The summed E-state index contributed by atoms with van der Waals surface area (Å²) >= 11 is 0. The Hall–Kier alpha value is -3.39. The van der Waals surface area contributed by atoms with Crippen molar-refractivity contribution in [1.82, 2.24) is 15.1 Å². The molecule has 0 unspecified atom stereocenters. The molecule has 4 rings (SSSR count). The molecule has 0 heterocycles. The van der Waals surface area contributed by atoms with Crippen molar-refractivity contribution in [2.45, 2.75) is 31.2 Å². The molecule has 0 spiro atoms. The molecular weight excluding hydrogens is 446 g/mol. The van der Waals surface area contributed by atoms with E-state index in [2.05, 4.69) is 29.6 Å². The number of aliphatic carboxylic acids is 1. The maximum atomic E-state index is 13.0. The van der Waals surface area contributed by atoms with Crippen molar-refractivity contribution in [1.29, 1.82) is 0 Å². The molecule has 2 amide bonds. The summed E-state index contributed by atoms with van der Waals surface area (Å²) in [4.78, 5) is 40.1. The maximum Gasteiger partial charge on any atom is 0.407 e. The average Bonchev–Trinajstić information content (AvgIpc) is 3.42. The minimum atomic E-state index is -1.02. The van der Waals surface area contributed by atoms with Gasteiger partial charge in [0, 0.05) is 31.0 Å². The lowest BCUT2D eigenvalue weighted by Gasteiger charge is -2.25. The molecule has 1 fully saturated rings. The van der Waals surface area contributed by atoms with Crippen molar-refractivity contribution in [2.24, 2.45) is 5.92 Å². The van der Waals surface area contributed by atoms with E-state index in [9.17, 15) is 19.5 Å². The number of carboxylic acids is 1. The van der Waals surface area contributed by atoms with Crippen LogP contribution in [0.3, 0.4) is 0 Å². The number of carboxylic acid groups (broad SMARTS) is 1. The third-order valence-electron chi connectivity index (χ3n) is 6.90. The van der Waals surface area contributed by atoms with E-state index in [1.54, 1.807) is 0 Å². The van der Waals surface area contributed by atoms with Crippen LogP contribution in [0.5, 0.6) is 0 Å². The summed E-state index contributed by atoms with van der Waals surface area (Å²) in [6, 6.07) is 16.2. The highest BCUT2D eigenvalue weighted by atomic mass is 16.5. The van der Waals surface area contributed by atoms with Gasteiger partial charge in [0.25, 0.3) is 0 Å². The fraction of sp³-hybridized carbons (Fsp3) is 0.444. The summed E-state index contributed by atoms with van der Waals surface area (Å²) in [5, 5.41) is 12.1. The molecule has 2 aliphatic carbocycles. The topological polar surface area (TPSA) is 99.2 Å². The molecule has 8 nitrogen and oxygen atoms in total. The van der Waals surface area contributed by atoms with Crippen LogP contribution in [0.1, 0.15) is 36.3 Å². The van der Waals surface area contributed by atoms with E-state index in [1.807, 2.05) is 43.3 Å². The summed E-state index contributed by atoms with van der Waals surface area (Å²) in [5.41, 5.74) is 4.66. The second-order valence-corrected chi connectivity index (χ2v) is 9.63. The third kappa shape index (κ3) is 5.82. The molecule has 2 atom stereocenters. The van der Waals surface area contributed by atoms with Crippen molar-refractivity contribution in [3.05, 3.63) is 59.7 Å². The van der Waals surface area contributed by atoms with Crippen molar-refractivity contribution in [3.8, 4) is 11.1 Å². The van der Waals surface area contributed by atoms with Gasteiger partial charge < -0.3 is 25.0 Å². The van der Waals surface area contributed by atoms with Crippen LogP contribution in [0.2, 0.25) is 0 Å². The summed E-state index contributed by atoms with van der Waals surface area (Å²) in [6.45, 7) is 0.881. The molecule has 2 aromatic rings. The zero-order valence-electron chi connectivity index (χ0n) is 20.3. The van der Waals surface area contributed by atoms with Crippen LogP contribution in [0.25, 0.3) is 11.1 Å². The molecule has 0 saturated heterocycles. The Bertz CT molecular complexity index is 1040. The quantitative estimate of drug-likeness (QED) is 0.573. The highest BCUT2D eigenvalue weighted by Crippen LogP contribution is 2.44. The van der Waals surface area contributed by atoms with E-state index in [0.29, 0.717) is 32.4 Å². The molecule has 0 radical (unpaired) electrons. The zero-order chi connectivity index (χ0) is 24.9. The maximum absolute atomic E-state index is 13.0. The lowest BCUT2D eigenvalue weighted by Crippen LogP contribution is -2.43. The van der Waals surface area contributed by atoms with E-state index in [0.717, 1.165) is 11.1 Å². The number of nitrogens with zero attached hydrogens (tertiary/aromatic N) is 2. The zero-order valence-corrected chi connectivity index (χ0v) is 20.3. The highest BCUT2D eigenvalue weighted by molar-refractivity contribution is 5.83. The molecule has 2 N–H and O–H groups in total. The Morgan fingerprint density at radius 2 is 1.60 bits per heavy atom. The Kier molecular flexibility index (Phi) is 7.70. The number of carbonyl (C=O) groups is 3. The van der Waals surface area contributed by atoms with Crippen molar-refractivity contribution in [3.63, 3.8) is 0 Å². The Labute approximate surface area is 205 Å². The van der Waals surface area contributed by atoms with Gasteiger partial charge in [0.05, 0.1) is 0 Å². The van der Waals surface area contributed by atoms with Gasteiger partial charge in [0.2, 0.25) is 5.91 Å². The number of rotatable bonds is 9. The molecule has 186 valence electrons. The van der Waals surface area contributed by atoms with Crippen LogP contribution in [0, 0.1) is 5.92 Å². The molecule has 2 aromatic carbocycles. The monoisotopic (exact) mass is 479 g/mol. The van der Waals surface area contributed by atoms with Crippen LogP contribution < -0.4 is 5.32 Å². The number of hydrogen-bond acceptors (Lipinski definition) is 5. The van der Waals surface area contributed by atoms with E-state index < -0.39 is 12.1 Å². The second-order valence-electron chi connectivity index (χ2n) is 9.63. The van der Waals surface area contributed by atoms with Crippen molar-refractivity contribution < 1.29 is 24.2 Å². The van der Waals surface area contributed by atoms with E-state index in [1.165, 1.54) is 16.0 Å². The van der Waals surface area contributed by atoms with Gasteiger partial charge in [0.1, 0.15) is 13.2 Å². The lowest BCUT2D eigenvalue weighted by molar-refractivity contribution is -0.146. The first-order valence-corrected chi connectivity index (χ1v) is 12.1. The Morgan fingerprint density at radius 1 is 0.971 bits per heavy atom. The molecule has 0 aromatic heterocycles. The standard InChI is InChI=1S/C27H33N3O5/c1-29(2)13-14-30(16-25(31)32)26(33)18-11-12-19(15-18)28-27(34)35-17-24-22-9-5-3-7-20(22)21-8-4-6-10-23(21)24/h3-10,18-19,24H,11-17H2,1-2H3,(H,28,34)(H,31,32)/t18-,19+/m1/s1. The molecule has 8 heteroatoms. The minimum Gasteiger partial charge on any atom is -0.480 e. The second kappa shape index (κ2) is 10.9. The minimum absolute atomic E-state index is 0.00710. The third-order valence-corrected chi connectivity index (χ3v) is 6.90. The molecule has 0 bridgehead atoms. The van der Waals surface area contributed by atoms with E-state index in [4.69, 9.17) is 4.74 Å². The first-order valence-electron chi connectivity index (χ1n) is 12.1. The summed E-state index contributed by atoms with van der Waals surface area (Å²) in [7, 11) is 3.76. The van der Waals surface area contributed by atoms with Gasteiger partial charge in [-0.3, -0.25) is 9.59 Å². The number of likely N-dealkylation sites (N-methyl/N-ethyl adjacent to an activating group) is 1. The van der Waals surface area contributed by atoms with E-state index in [-0.39, 0.29) is 36.9 Å². The van der Waals surface area contributed by atoms with Gasteiger partial charge in [-0.15, -0.1) is 0 Å². The number of alkyl carbamates (subject to hydrolysis) is 1. The van der Waals surface area contributed by atoms with Gasteiger partial charge in [-0.1, -0.05) is 48.5 Å². The summed E-state index contributed by atoms with van der Waals surface area (Å²) in [5.74, 6) is -1.49. The first-order chi connectivity index (χ1) is 16.8. The van der Waals surface area contributed by atoms with Crippen LogP contribution in [-0.2, 0) is 14.3 Å². The fourth-order valence-corrected chi connectivity index (χ4v) is 5.15. The molecule has 0 aliphatic heterocycles. The fourth-order valence-electron chi connectivity index (χ4n) is 5.15. The normalized spacial score (nSPS) is 18.7. The SMILES string of the molecule is CN(C)CCN(CC(=O)O)C(=O)[C@@H]1CC[C@H](NC(=O)OCC2c3ccccc3-c3ccccc32)C1. The molecule has 1 saturated carbocycles. The summed E-state index contributed by atoms with van der Waals surface area (Å²) < 4.78 is 5.63. The number of nitrogens with one attached hydrogen (secondary N) is 1. The number of carbonyl (C=O) groups excluding carboxylic acids is 2. The van der Waals surface area contributed by atoms with Gasteiger partial charge >= 0.3 is 12.1 Å². The Balaban J connectivity index is 1.30. The van der Waals surface area contributed by atoms with Crippen LogP contribution in [0.4, 0.5) is 4.79 Å². The Morgan fingerprint density at radius 3 is 2.20 bits per heavy atom. The van der Waals surface area contributed by atoms with Crippen LogP contribution >= 0.6 is 0 Å².